The second-order valence-electron chi connectivity index (χ2n) is 3.31. The molecule has 0 aliphatic rings. The third-order valence-electron chi connectivity index (χ3n) is 1.54. The van der Waals surface area contributed by atoms with Crippen LogP contribution in [0.25, 0.3) is 0 Å². The molecular formula is C6H14N4O5S. The molecular weight excluding hydrogens is 240 g/mol. The van der Waals surface area contributed by atoms with E-state index in [1.54, 1.807) is 4.72 Å². The van der Waals surface area contributed by atoms with E-state index in [4.69, 9.17) is 10.9 Å². The summed E-state index contributed by atoms with van der Waals surface area (Å²) >= 11 is 0. The first kappa shape index (κ1) is 14.5. The van der Waals surface area contributed by atoms with Crippen molar-refractivity contribution in [2.24, 2.45) is 10.9 Å². The molecule has 0 aliphatic heterocycles. The molecule has 9 nitrogen and oxygen atoms in total. The number of amides is 1. The Morgan fingerprint density at radius 1 is 1.50 bits per heavy atom. The van der Waals surface area contributed by atoms with E-state index in [-0.39, 0.29) is 5.84 Å². The maximum absolute atomic E-state index is 11.3. The Bertz CT molecular complexity index is 388. The highest BCUT2D eigenvalue weighted by atomic mass is 32.2. The average Bonchev–Trinajstić information content (AvgIpc) is 2.13. The van der Waals surface area contributed by atoms with Gasteiger partial charge in [-0.05, 0) is 13.8 Å². The number of methoxy groups -OCH3 is 1. The highest BCUT2D eigenvalue weighted by molar-refractivity contribution is 7.88. The van der Waals surface area contributed by atoms with Crippen LogP contribution in [0.3, 0.4) is 0 Å². The number of amidine groups is 1. The molecule has 0 aromatic heterocycles. The lowest BCUT2D eigenvalue weighted by Gasteiger charge is -2.23. The molecule has 1 amide bonds. The standard InChI is InChI=1S/C6H14N4O5S/c1-6(2,4(7)8-12)10-16(13,14)9-5(11)15-3/h10,12H,1-3H3,(H2,7,8)(H,9,11). The number of nitrogens with two attached hydrogens (primary N) is 1. The molecule has 0 saturated carbocycles. The van der Waals surface area contributed by atoms with Gasteiger partial charge in [-0.2, -0.15) is 13.1 Å². The fourth-order valence-corrected chi connectivity index (χ4v) is 1.82. The lowest BCUT2D eigenvalue weighted by Crippen LogP contribution is -2.56. The molecule has 0 atom stereocenters. The molecule has 10 heteroatoms. The molecule has 0 aromatic carbocycles. The third-order valence-corrected chi connectivity index (χ3v) is 2.76. The van der Waals surface area contributed by atoms with Crippen LogP contribution in [-0.4, -0.2) is 38.2 Å². The largest absolute Gasteiger partial charge is 0.452 e. The summed E-state index contributed by atoms with van der Waals surface area (Å²) in [4.78, 5) is 10.7. The molecule has 0 saturated heterocycles. The summed E-state index contributed by atoms with van der Waals surface area (Å²) in [7, 11) is -3.14. The van der Waals surface area contributed by atoms with Crippen molar-refractivity contribution in [2.75, 3.05) is 7.11 Å². The SMILES string of the molecule is COC(=O)NS(=O)(=O)NC(C)(C)C(N)=NO. The van der Waals surface area contributed by atoms with Gasteiger partial charge in [0.15, 0.2) is 5.84 Å². The van der Waals surface area contributed by atoms with Crippen molar-refractivity contribution in [1.29, 1.82) is 0 Å². The van der Waals surface area contributed by atoms with Gasteiger partial charge in [0.2, 0.25) is 0 Å². The number of nitrogens with zero attached hydrogens (tertiary/aromatic N) is 1. The molecule has 0 radical (unpaired) electrons. The molecule has 16 heavy (non-hydrogen) atoms. The Morgan fingerprint density at radius 3 is 2.38 bits per heavy atom. The molecule has 0 aromatic rings. The summed E-state index contributed by atoms with van der Waals surface area (Å²) < 4.78 is 30.3. The van der Waals surface area contributed by atoms with Crippen LogP contribution in [0.2, 0.25) is 0 Å². The Hall–Kier alpha value is -1.55. The molecule has 0 unspecified atom stereocenters. The number of hydrogen-bond donors (Lipinski definition) is 4. The Morgan fingerprint density at radius 2 is 2.00 bits per heavy atom. The van der Waals surface area contributed by atoms with E-state index in [0.29, 0.717) is 0 Å². The van der Waals surface area contributed by atoms with Crippen LogP contribution < -0.4 is 15.2 Å². The predicted molar refractivity (Wildman–Crippen MR) is 55.1 cm³/mol. The average molecular weight is 254 g/mol. The van der Waals surface area contributed by atoms with Gasteiger partial charge < -0.3 is 15.7 Å². The molecule has 0 fully saturated rings. The number of carbonyl (C=O) groups excluding carboxylic acids is 1. The summed E-state index contributed by atoms with van der Waals surface area (Å²) in [6.07, 6.45) is -1.15. The van der Waals surface area contributed by atoms with Crippen molar-refractivity contribution in [3.05, 3.63) is 0 Å². The van der Waals surface area contributed by atoms with E-state index in [1.165, 1.54) is 13.8 Å². The van der Waals surface area contributed by atoms with E-state index in [9.17, 15) is 13.2 Å². The number of ether oxygens (including phenoxy) is 1. The summed E-state index contributed by atoms with van der Waals surface area (Å²) in [5.74, 6) is -0.359. The van der Waals surface area contributed by atoms with Crippen LogP contribution in [0, 0.1) is 0 Å². The first-order chi connectivity index (χ1) is 7.14. The summed E-state index contributed by atoms with van der Waals surface area (Å²) in [6, 6.07) is 0. The quantitative estimate of drug-likeness (QED) is 0.212. The number of carbonyl (C=O) groups is 1. The van der Waals surface area contributed by atoms with Crippen molar-refractivity contribution in [1.82, 2.24) is 9.44 Å². The van der Waals surface area contributed by atoms with Crippen molar-refractivity contribution in [3.8, 4) is 0 Å². The molecule has 0 rings (SSSR count). The van der Waals surface area contributed by atoms with Crippen LogP contribution in [0.4, 0.5) is 4.79 Å². The van der Waals surface area contributed by atoms with Crippen LogP contribution in [0.5, 0.6) is 0 Å². The van der Waals surface area contributed by atoms with Crippen molar-refractivity contribution in [3.63, 3.8) is 0 Å². The predicted octanol–water partition coefficient (Wildman–Crippen LogP) is -1.30. The van der Waals surface area contributed by atoms with Gasteiger partial charge in [-0.15, -0.1) is 0 Å². The van der Waals surface area contributed by atoms with Gasteiger partial charge in [-0.3, -0.25) is 0 Å². The van der Waals surface area contributed by atoms with Gasteiger partial charge in [0.1, 0.15) is 0 Å². The van der Waals surface area contributed by atoms with E-state index in [0.717, 1.165) is 7.11 Å². The second-order valence-corrected chi connectivity index (χ2v) is 4.72. The number of nitrogens with one attached hydrogen (secondary N) is 2. The minimum Gasteiger partial charge on any atom is -0.452 e. The van der Waals surface area contributed by atoms with Gasteiger partial charge in [0.05, 0.1) is 12.6 Å². The first-order valence-corrected chi connectivity index (χ1v) is 5.50. The zero-order valence-corrected chi connectivity index (χ0v) is 9.83. The Kier molecular flexibility index (Phi) is 4.50. The van der Waals surface area contributed by atoms with Crippen molar-refractivity contribution in [2.45, 2.75) is 19.4 Å². The van der Waals surface area contributed by atoms with Gasteiger partial charge in [-0.1, -0.05) is 5.16 Å². The Balaban J connectivity index is 4.79. The summed E-state index contributed by atoms with van der Waals surface area (Å²) in [5, 5.41) is 11.1. The third kappa shape index (κ3) is 4.31. The number of oxime groups is 1. The summed E-state index contributed by atoms with van der Waals surface area (Å²) in [5.41, 5.74) is 3.90. The maximum atomic E-state index is 11.3. The lowest BCUT2D eigenvalue weighted by atomic mass is 10.1. The maximum Gasteiger partial charge on any atom is 0.421 e. The van der Waals surface area contributed by atoms with Crippen molar-refractivity contribution >= 4 is 22.1 Å². The minimum absolute atomic E-state index is 0.359. The van der Waals surface area contributed by atoms with Crippen LogP contribution in [0.1, 0.15) is 13.8 Å². The lowest BCUT2D eigenvalue weighted by molar-refractivity contribution is 0.177. The second kappa shape index (κ2) is 4.99. The van der Waals surface area contributed by atoms with Crippen LogP contribution in [0.15, 0.2) is 5.16 Å². The van der Waals surface area contributed by atoms with E-state index in [2.05, 4.69) is 9.89 Å². The number of hydrogen-bond acceptors (Lipinski definition) is 6. The fourth-order valence-electron chi connectivity index (χ4n) is 0.690. The Labute approximate surface area is 92.8 Å². The zero-order chi connectivity index (χ0) is 13.0. The molecule has 94 valence electrons. The van der Waals surface area contributed by atoms with E-state index < -0.39 is 21.8 Å². The first-order valence-electron chi connectivity index (χ1n) is 4.02. The topological polar surface area (TPSA) is 143 Å². The van der Waals surface area contributed by atoms with E-state index in [1.807, 2.05) is 4.72 Å². The highest BCUT2D eigenvalue weighted by Crippen LogP contribution is 2.03. The van der Waals surface area contributed by atoms with Gasteiger partial charge >= 0.3 is 16.3 Å². The van der Waals surface area contributed by atoms with Gasteiger partial charge in [-0.25, -0.2) is 9.52 Å². The molecule has 0 heterocycles. The van der Waals surface area contributed by atoms with Crippen molar-refractivity contribution < 1.29 is 23.2 Å². The van der Waals surface area contributed by atoms with Crippen LogP contribution >= 0.6 is 0 Å². The smallest absolute Gasteiger partial charge is 0.421 e. The summed E-state index contributed by atoms with van der Waals surface area (Å²) in [6.45, 7) is 2.69. The minimum atomic E-state index is -4.15. The van der Waals surface area contributed by atoms with Crippen LogP contribution in [-0.2, 0) is 14.9 Å². The van der Waals surface area contributed by atoms with E-state index >= 15 is 0 Å². The molecule has 5 N–H and O–H groups in total. The zero-order valence-electron chi connectivity index (χ0n) is 9.01. The van der Waals surface area contributed by atoms with Gasteiger partial charge in [0.25, 0.3) is 0 Å². The molecule has 0 aliphatic carbocycles. The molecule has 0 bridgehead atoms. The molecule has 0 spiro atoms. The normalized spacial score (nSPS) is 13.3. The monoisotopic (exact) mass is 254 g/mol. The fraction of sp³-hybridized carbons (Fsp3) is 0.667. The number of rotatable bonds is 4. The highest BCUT2D eigenvalue weighted by Gasteiger charge is 2.30. The van der Waals surface area contributed by atoms with Gasteiger partial charge in [0, 0.05) is 0 Å².